The summed E-state index contributed by atoms with van der Waals surface area (Å²) in [6.07, 6.45) is 0. The van der Waals surface area contributed by atoms with E-state index in [0.717, 1.165) is 0 Å². The summed E-state index contributed by atoms with van der Waals surface area (Å²) in [6.45, 7) is 1.82. The van der Waals surface area contributed by atoms with Gasteiger partial charge in [0.1, 0.15) is 23.1 Å². The maximum absolute atomic E-state index is 13.4. The molecule has 94 valence electrons. The molecular weight excluding hydrogens is 236 g/mol. The van der Waals surface area contributed by atoms with Crippen molar-refractivity contribution in [2.45, 2.75) is 13.5 Å². The molecule has 0 aliphatic heterocycles. The second-order valence-corrected chi connectivity index (χ2v) is 3.97. The van der Waals surface area contributed by atoms with Crippen LogP contribution >= 0.6 is 0 Å². The van der Waals surface area contributed by atoms with Gasteiger partial charge in [-0.15, -0.1) is 0 Å². The topological polar surface area (TPSA) is 35.2 Å². The number of halogens is 2. The molecule has 0 aliphatic rings. The monoisotopic (exact) mass is 249 g/mol. The van der Waals surface area contributed by atoms with Crippen molar-refractivity contribution < 1.29 is 13.5 Å². The summed E-state index contributed by atoms with van der Waals surface area (Å²) in [4.78, 5) is 0. The molecule has 2 N–H and O–H groups in total. The van der Waals surface area contributed by atoms with Crippen LogP contribution in [0.4, 0.5) is 8.78 Å². The van der Waals surface area contributed by atoms with Crippen LogP contribution in [0.5, 0.6) is 11.5 Å². The molecule has 18 heavy (non-hydrogen) atoms. The average molecular weight is 249 g/mol. The molecule has 0 bridgehead atoms. The third-order valence-corrected chi connectivity index (χ3v) is 2.61. The van der Waals surface area contributed by atoms with Crippen molar-refractivity contribution in [1.29, 1.82) is 0 Å². The Labute approximate surface area is 104 Å². The van der Waals surface area contributed by atoms with Crippen LogP contribution in [-0.4, -0.2) is 0 Å². The molecule has 0 unspecified atom stereocenters. The number of benzene rings is 2. The molecule has 2 aromatic rings. The highest BCUT2D eigenvalue weighted by molar-refractivity contribution is 5.39. The molecule has 2 nitrogen and oxygen atoms in total. The van der Waals surface area contributed by atoms with Gasteiger partial charge in [0.05, 0.1) is 0 Å². The van der Waals surface area contributed by atoms with Crippen molar-refractivity contribution in [3.8, 4) is 11.5 Å². The Morgan fingerprint density at radius 1 is 1.11 bits per heavy atom. The molecule has 2 rings (SSSR count). The first kappa shape index (κ1) is 12.5. The number of nitrogens with two attached hydrogens (primary N) is 1. The van der Waals surface area contributed by atoms with Crippen LogP contribution in [-0.2, 0) is 6.54 Å². The van der Waals surface area contributed by atoms with E-state index in [0.29, 0.717) is 22.6 Å². The number of hydrogen-bond acceptors (Lipinski definition) is 2. The summed E-state index contributed by atoms with van der Waals surface area (Å²) in [5.74, 6) is 0.0726. The number of hydrogen-bond donors (Lipinski definition) is 1. The molecule has 0 aromatic heterocycles. The van der Waals surface area contributed by atoms with E-state index in [9.17, 15) is 8.78 Å². The van der Waals surface area contributed by atoms with Crippen molar-refractivity contribution in [2.75, 3.05) is 0 Å². The minimum Gasteiger partial charge on any atom is -0.457 e. The zero-order valence-electron chi connectivity index (χ0n) is 9.91. The van der Waals surface area contributed by atoms with Crippen molar-refractivity contribution in [3.63, 3.8) is 0 Å². The Morgan fingerprint density at radius 3 is 2.56 bits per heavy atom. The Morgan fingerprint density at radius 2 is 1.89 bits per heavy atom. The predicted octanol–water partition coefficient (Wildman–Crippen LogP) is 3.52. The standard InChI is InChI=1S/C14H13F2NO/c1-9-2-4-12(7-13(9)16)18-14-5-3-11(15)6-10(14)8-17/h2-7H,8,17H2,1H3. The molecular formula is C14H13F2NO. The van der Waals surface area contributed by atoms with Gasteiger partial charge < -0.3 is 10.5 Å². The Hall–Kier alpha value is -1.94. The molecule has 2 aromatic carbocycles. The SMILES string of the molecule is Cc1ccc(Oc2ccc(F)cc2CN)cc1F. The third kappa shape index (κ3) is 2.65. The lowest BCUT2D eigenvalue weighted by atomic mass is 10.2. The van der Waals surface area contributed by atoms with E-state index in [-0.39, 0.29) is 18.2 Å². The first-order valence-electron chi connectivity index (χ1n) is 5.52. The highest BCUT2D eigenvalue weighted by atomic mass is 19.1. The van der Waals surface area contributed by atoms with E-state index in [4.69, 9.17) is 10.5 Å². The van der Waals surface area contributed by atoms with Gasteiger partial charge in [0.15, 0.2) is 0 Å². The minimum absolute atomic E-state index is 0.154. The highest BCUT2D eigenvalue weighted by Crippen LogP contribution is 2.27. The van der Waals surface area contributed by atoms with Gasteiger partial charge in [-0.1, -0.05) is 6.07 Å². The van der Waals surface area contributed by atoms with Crippen LogP contribution in [0, 0.1) is 18.6 Å². The summed E-state index contributed by atoms with van der Waals surface area (Å²) < 4.78 is 31.9. The third-order valence-electron chi connectivity index (χ3n) is 2.61. The fraction of sp³-hybridized carbons (Fsp3) is 0.143. The van der Waals surface area contributed by atoms with E-state index in [1.54, 1.807) is 19.1 Å². The number of rotatable bonds is 3. The Balaban J connectivity index is 2.30. The van der Waals surface area contributed by atoms with Crippen molar-refractivity contribution in [3.05, 3.63) is 59.2 Å². The van der Waals surface area contributed by atoms with Crippen molar-refractivity contribution >= 4 is 0 Å². The van der Waals surface area contributed by atoms with E-state index in [1.807, 2.05) is 0 Å². The molecule has 0 fully saturated rings. The van der Waals surface area contributed by atoms with Gasteiger partial charge in [-0.2, -0.15) is 0 Å². The zero-order valence-corrected chi connectivity index (χ0v) is 9.91. The molecule has 0 aliphatic carbocycles. The van der Waals surface area contributed by atoms with Gasteiger partial charge in [0.25, 0.3) is 0 Å². The van der Waals surface area contributed by atoms with Crippen LogP contribution in [0.25, 0.3) is 0 Å². The number of aryl methyl sites for hydroxylation is 1. The minimum atomic E-state index is -0.377. The van der Waals surface area contributed by atoms with E-state index in [2.05, 4.69) is 0 Å². The lowest BCUT2D eigenvalue weighted by Gasteiger charge is -2.10. The summed E-state index contributed by atoms with van der Waals surface area (Å²) >= 11 is 0. The van der Waals surface area contributed by atoms with Crippen LogP contribution in [0.15, 0.2) is 36.4 Å². The molecule has 0 amide bonds. The van der Waals surface area contributed by atoms with E-state index < -0.39 is 0 Å². The van der Waals surface area contributed by atoms with Crippen molar-refractivity contribution in [1.82, 2.24) is 0 Å². The van der Waals surface area contributed by atoms with E-state index in [1.165, 1.54) is 24.3 Å². The zero-order chi connectivity index (χ0) is 13.1. The summed E-state index contributed by atoms with van der Waals surface area (Å²) in [5, 5.41) is 0. The van der Waals surface area contributed by atoms with Crippen LogP contribution in [0.2, 0.25) is 0 Å². The molecule has 0 radical (unpaired) electrons. The van der Waals surface area contributed by atoms with Gasteiger partial charge >= 0.3 is 0 Å². The predicted molar refractivity (Wildman–Crippen MR) is 65.5 cm³/mol. The van der Waals surface area contributed by atoms with Gasteiger partial charge in [0.2, 0.25) is 0 Å². The lowest BCUT2D eigenvalue weighted by Crippen LogP contribution is -2.00. The van der Waals surface area contributed by atoms with Gasteiger partial charge in [0, 0.05) is 18.2 Å². The lowest BCUT2D eigenvalue weighted by molar-refractivity contribution is 0.468. The Kier molecular flexibility index (Phi) is 3.58. The molecule has 0 saturated carbocycles. The second kappa shape index (κ2) is 5.14. The highest BCUT2D eigenvalue weighted by Gasteiger charge is 2.07. The maximum atomic E-state index is 13.4. The number of ether oxygens (including phenoxy) is 1. The molecule has 0 spiro atoms. The van der Waals surface area contributed by atoms with E-state index >= 15 is 0 Å². The quantitative estimate of drug-likeness (QED) is 0.903. The van der Waals surface area contributed by atoms with Gasteiger partial charge in [-0.25, -0.2) is 8.78 Å². The van der Waals surface area contributed by atoms with Gasteiger partial charge in [-0.3, -0.25) is 0 Å². The van der Waals surface area contributed by atoms with Crippen LogP contribution in [0.1, 0.15) is 11.1 Å². The second-order valence-electron chi connectivity index (χ2n) is 3.97. The van der Waals surface area contributed by atoms with Crippen molar-refractivity contribution in [2.24, 2.45) is 5.73 Å². The van der Waals surface area contributed by atoms with Crippen LogP contribution < -0.4 is 10.5 Å². The Bertz CT molecular complexity index is 570. The maximum Gasteiger partial charge on any atom is 0.132 e. The normalized spacial score (nSPS) is 10.4. The average Bonchev–Trinajstić information content (AvgIpc) is 2.36. The largest absolute Gasteiger partial charge is 0.457 e. The molecule has 0 saturated heterocycles. The van der Waals surface area contributed by atoms with Gasteiger partial charge in [-0.05, 0) is 36.8 Å². The fourth-order valence-electron chi connectivity index (χ4n) is 1.57. The summed E-state index contributed by atoms with van der Waals surface area (Å²) in [6, 6.07) is 8.63. The smallest absolute Gasteiger partial charge is 0.132 e. The molecule has 4 heteroatoms. The fourth-order valence-corrected chi connectivity index (χ4v) is 1.57. The van der Waals surface area contributed by atoms with Crippen LogP contribution in [0.3, 0.4) is 0 Å². The summed E-state index contributed by atoms with van der Waals surface area (Å²) in [7, 11) is 0. The first-order valence-corrected chi connectivity index (χ1v) is 5.52. The molecule has 0 heterocycles. The first-order chi connectivity index (χ1) is 8.60. The summed E-state index contributed by atoms with van der Waals surface area (Å²) in [5.41, 5.74) is 6.59. The molecule has 0 atom stereocenters.